The van der Waals surface area contributed by atoms with Gasteiger partial charge in [0, 0.05) is 16.4 Å². The van der Waals surface area contributed by atoms with Crippen molar-refractivity contribution >= 4 is 51.1 Å². The first-order chi connectivity index (χ1) is 3.73. The van der Waals surface area contributed by atoms with E-state index in [0.29, 0.717) is 0 Å². The molecule has 0 aliphatic carbocycles. The Balaban J connectivity index is -0.0000000383. The summed E-state index contributed by atoms with van der Waals surface area (Å²) in [5.74, 6) is -1.08. The van der Waals surface area contributed by atoms with Crippen LogP contribution in [0.15, 0.2) is 0 Å². The van der Waals surface area contributed by atoms with Crippen molar-refractivity contribution in [3.8, 4) is 0 Å². The SMILES string of the molecule is CC(=O)[O-].O=S(=O)([O-])[O-].[Al+3].[Al+3]. The van der Waals surface area contributed by atoms with E-state index in [2.05, 4.69) is 0 Å². The Labute approximate surface area is 85.4 Å². The number of hydrogen-bond donors (Lipinski definition) is 0. The summed E-state index contributed by atoms with van der Waals surface area (Å²) < 4.78 is 34.1. The minimum Gasteiger partial charge on any atom is -0.759 e. The molecule has 0 aliphatic rings. The van der Waals surface area contributed by atoms with Gasteiger partial charge in [-0.25, -0.2) is 0 Å². The Morgan fingerprint density at radius 3 is 1.18 bits per heavy atom. The van der Waals surface area contributed by atoms with E-state index < -0.39 is 16.4 Å². The van der Waals surface area contributed by atoms with Crippen LogP contribution in [0.1, 0.15) is 6.92 Å². The van der Waals surface area contributed by atoms with Crippen LogP contribution >= 0.6 is 0 Å². The van der Waals surface area contributed by atoms with Crippen molar-refractivity contribution in [2.24, 2.45) is 0 Å². The van der Waals surface area contributed by atoms with Gasteiger partial charge in [-0.1, -0.05) is 0 Å². The van der Waals surface area contributed by atoms with Gasteiger partial charge in [0.25, 0.3) is 0 Å². The molecular formula is C2H3Al2O6S+3. The molecular weight excluding hydrogens is 206 g/mol. The summed E-state index contributed by atoms with van der Waals surface area (Å²) in [5.41, 5.74) is 0. The van der Waals surface area contributed by atoms with E-state index in [1.807, 2.05) is 0 Å². The molecule has 0 aromatic carbocycles. The Kier molecular flexibility index (Phi) is 21.3. The first-order valence-electron chi connectivity index (χ1n) is 1.57. The van der Waals surface area contributed by atoms with Crippen molar-refractivity contribution in [1.82, 2.24) is 0 Å². The fourth-order valence-corrected chi connectivity index (χ4v) is 0. The van der Waals surface area contributed by atoms with Crippen molar-refractivity contribution in [2.75, 3.05) is 0 Å². The molecule has 0 bridgehead atoms. The number of hydrogen-bond acceptors (Lipinski definition) is 6. The van der Waals surface area contributed by atoms with Crippen molar-refractivity contribution in [2.45, 2.75) is 6.92 Å². The van der Waals surface area contributed by atoms with Crippen LogP contribution in [0.3, 0.4) is 0 Å². The fraction of sp³-hybridized carbons (Fsp3) is 0.500. The summed E-state index contributed by atoms with van der Waals surface area (Å²) in [6.07, 6.45) is 0. The topological polar surface area (TPSA) is 120 Å². The third-order valence-corrected chi connectivity index (χ3v) is 0. The predicted octanol–water partition coefficient (Wildman–Crippen LogP) is -3.34. The molecule has 0 aromatic rings. The Bertz CT molecular complexity index is 161. The van der Waals surface area contributed by atoms with Crippen molar-refractivity contribution < 1.29 is 27.4 Å². The molecule has 0 amide bonds. The van der Waals surface area contributed by atoms with Crippen LogP contribution in [0.2, 0.25) is 0 Å². The molecule has 0 aliphatic heterocycles. The number of carbonyl (C=O) groups excluding carboxylic acids is 1. The quantitative estimate of drug-likeness (QED) is 0.233. The zero-order chi connectivity index (χ0) is 8.08. The minimum absolute atomic E-state index is 0. The summed E-state index contributed by atoms with van der Waals surface area (Å²) in [6.45, 7) is 0.972. The van der Waals surface area contributed by atoms with Crippen LogP contribution in [0.25, 0.3) is 0 Å². The molecule has 0 rings (SSSR count). The molecule has 0 aromatic heterocycles. The average molecular weight is 209 g/mol. The number of rotatable bonds is 0. The third kappa shape index (κ3) is 4480. The largest absolute Gasteiger partial charge is 3.00 e. The summed E-state index contributed by atoms with van der Waals surface area (Å²) in [6, 6.07) is 0. The Hall–Kier alpha value is 0.405. The van der Waals surface area contributed by atoms with Crippen LogP contribution in [-0.2, 0) is 15.2 Å². The van der Waals surface area contributed by atoms with Gasteiger partial charge in [-0.2, -0.15) is 0 Å². The molecule has 6 nitrogen and oxygen atoms in total. The maximum Gasteiger partial charge on any atom is 3.00 e. The van der Waals surface area contributed by atoms with E-state index in [-0.39, 0.29) is 34.7 Å². The summed E-state index contributed by atoms with van der Waals surface area (Å²) in [5, 5.41) is 8.89. The van der Waals surface area contributed by atoms with Gasteiger partial charge >= 0.3 is 34.7 Å². The van der Waals surface area contributed by atoms with Crippen LogP contribution < -0.4 is 5.11 Å². The van der Waals surface area contributed by atoms with Gasteiger partial charge in [-0.3, -0.25) is 8.42 Å². The average Bonchev–Trinajstić information content (AvgIpc) is 1.19. The maximum atomic E-state index is 8.89. The van der Waals surface area contributed by atoms with Gasteiger partial charge in [0.05, 0.1) is 0 Å². The zero-order valence-corrected chi connectivity index (χ0v) is 8.64. The summed E-state index contributed by atoms with van der Waals surface area (Å²) >= 11 is 0. The molecule has 0 unspecified atom stereocenters. The second-order valence-electron chi connectivity index (χ2n) is 0.900. The van der Waals surface area contributed by atoms with Crippen LogP contribution in [0.5, 0.6) is 0 Å². The Morgan fingerprint density at radius 1 is 1.18 bits per heavy atom. The summed E-state index contributed by atoms with van der Waals surface area (Å²) in [4.78, 5) is 8.89. The van der Waals surface area contributed by atoms with E-state index in [4.69, 9.17) is 27.4 Å². The van der Waals surface area contributed by atoms with E-state index >= 15 is 0 Å². The van der Waals surface area contributed by atoms with Crippen LogP contribution in [0, 0.1) is 0 Å². The van der Waals surface area contributed by atoms with Gasteiger partial charge in [-0.05, 0) is 6.92 Å². The molecule has 56 valence electrons. The second kappa shape index (κ2) is 10.4. The predicted molar refractivity (Wildman–Crippen MR) is 32.7 cm³/mol. The van der Waals surface area contributed by atoms with Crippen LogP contribution in [-0.4, -0.2) is 58.2 Å². The molecule has 9 heteroatoms. The zero-order valence-electron chi connectivity index (χ0n) is 5.51. The number of carboxylic acids is 1. The first-order valence-corrected chi connectivity index (χ1v) is 2.91. The molecule has 0 saturated carbocycles. The van der Waals surface area contributed by atoms with E-state index in [1.54, 1.807) is 0 Å². The molecule has 11 heavy (non-hydrogen) atoms. The molecule has 0 fully saturated rings. The second-order valence-corrected chi connectivity index (χ2v) is 1.72. The molecule has 0 radical (unpaired) electrons. The van der Waals surface area contributed by atoms with Crippen molar-refractivity contribution in [1.29, 1.82) is 0 Å². The van der Waals surface area contributed by atoms with E-state index in [0.717, 1.165) is 6.92 Å². The minimum atomic E-state index is -5.17. The number of carboxylic acid groups (broad SMARTS) is 1. The molecule has 0 heterocycles. The van der Waals surface area contributed by atoms with Crippen molar-refractivity contribution in [3.05, 3.63) is 0 Å². The molecule has 0 atom stereocenters. The van der Waals surface area contributed by atoms with E-state index in [1.165, 1.54) is 0 Å². The van der Waals surface area contributed by atoms with Gasteiger partial charge in [0.2, 0.25) is 0 Å². The number of carbonyl (C=O) groups is 1. The van der Waals surface area contributed by atoms with Gasteiger partial charge in [0.1, 0.15) is 0 Å². The number of aliphatic carboxylic acids is 1. The smallest absolute Gasteiger partial charge is 0.759 e. The van der Waals surface area contributed by atoms with Crippen LogP contribution in [0.4, 0.5) is 0 Å². The maximum absolute atomic E-state index is 8.89. The Morgan fingerprint density at radius 2 is 1.18 bits per heavy atom. The fourth-order valence-electron chi connectivity index (χ4n) is 0. The third-order valence-electron chi connectivity index (χ3n) is 0. The van der Waals surface area contributed by atoms with Gasteiger partial charge in [-0.15, -0.1) is 0 Å². The van der Waals surface area contributed by atoms with Crippen molar-refractivity contribution in [3.63, 3.8) is 0 Å². The standard InChI is InChI=1S/C2H4O2.2Al.H2O4S/c1-2(3)4;;;1-5(2,3)4/h1H3,(H,3,4);;;(H2,1,2,3,4)/q;2*+3;/p-3. The normalized spacial score (nSPS) is 7.55. The molecule has 0 saturated heterocycles. The van der Waals surface area contributed by atoms with Gasteiger partial charge in [0.15, 0.2) is 0 Å². The van der Waals surface area contributed by atoms with E-state index in [9.17, 15) is 0 Å². The molecule has 0 spiro atoms. The monoisotopic (exact) mass is 209 g/mol. The first kappa shape index (κ1) is 22.5. The van der Waals surface area contributed by atoms with Gasteiger partial charge < -0.3 is 19.0 Å². The molecule has 0 N–H and O–H groups in total. The summed E-state index contributed by atoms with van der Waals surface area (Å²) in [7, 11) is -5.17.